The van der Waals surface area contributed by atoms with Crippen LogP contribution in [0, 0.1) is 0 Å². The van der Waals surface area contributed by atoms with Crippen molar-refractivity contribution >= 4 is 11.9 Å². The molecule has 18 heavy (non-hydrogen) atoms. The van der Waals surface area contributed by atoms with Gasteiger partial charge in [-0.15, -0.1) is 0 Å². The van der Waals surface area contributed by atoms with E-state index in [4.69, 9.17) is 14.6 Å². The fourth-order valence-corrected chi connectivity index (χ4v) is 1.02. The predicted molar refractivity (Wildman–Crippen MR) is 67.2 cm³/mol. The molecule has 0 aromatic rings. The van der Waals surface area contributed by atoms with Gasteiger partial charge in [0.05, 0.1) is 18.8 Å². The zero-order valence-corrected chi connectivity index (χ0v) is 10.9. The number of ether oxygens (including phenoxy) is 2. The third kappa shape index (κ3) is 6.85. The van der Waals surface area contributed by atoms with Crippen molar-refractivity contribution in [3.63, 3.8) is 0 Å². The molecule has 0 aliphatic carbocycles. The van der Waals surface area contributed by atoms with Crippen molar-refractivity contribution in [2.24, 2.45) is 0 Å². The van der Waals surface area contributed by atoms with Gasteiger partial charge < -0.3 is 14.6 Å². The Bertz CT molecular complexity index is 316. The summed E-state index contributed by atoms with van der Waals surface area (Å²) >= 11 is 0. The summed E-state index contributed by atoms with van der Waals surface area (Å²) in [5.41, 5.74) is 0.191. The molecular weight excluding hydrogens is 236 g/mol. The Balaban J connectivity index is 0.000000411. The molecule has 0 saturated carbocycles. The van der Waals surface area contributed by atoms with Crippen molar-refractivity contribution in [3.8, 4) is 0 Å². The minimum atomic E-state index is -0.935. The molecule has 0 spiro atoms. The molecule has 1 fully saturated rings. The van der Waals surface area contributed by atoms with E-state index in [1.54, 1.807) is 0 Å². The van der Waals surface area contributed by atoms with Crippen molar-refractivity contribution in [3.05, 3.63) is 24.8 Å². The Morgan fingerprint density at radius 3 is 2.33 bits per heavy atom. The van der Waals surface area contributed by atoms with Crippen LogP contribution in [0.4, 0.5) is 0 Å². The van der Waals surface area contributed by atoms with Gasteiger partial charge in [-0.25, -0.2) is 9.59 Å². The molecule has 0 aromatic carbocycles. The van der Waals surface area contributed by atoms with Crippen LogP contribution in [0.25, 0.3) is 0 Å². The number of hydrogen-bond donors (Lipinski definition) is 1. The van der Waals surface area contributed by atoms with Gasteiger partial charge in [-0.3, -0.25) is 0 Å². The van der Waals surface area contributed by atoms with Crippen molar-refractivity contribution < 1.29 is 24.2 Å². The van der Waals surface area contributed by atoms with Crippen molar-refractivity contribution in [2.75, 3.05) is 13.2 Å². The highest BCUT2D eigenvalue weighted by molar-refractivity contribution is 5.84. The number of carbonyl (C=O) groups excluding carboxylic acids is 1. The second-order valence-corrected chi connectivity index (χ2v) is 4.03. The fourth-order valence-electron chi connectivity index (χ4n) is 1.02. The number of aliphatic carboxylic acids is 1. The van der Waals surface area contributed by atoms with Crippen molar-refractivity contribution in [2.45, 2.75) is 32.3 Å². The van der Waals surface area contributed by atoms with Gasteiger partial charge in [0.1, 0.15) is 0 Å². The Labute approximate surface area is 107 Å². The van der Waals surface area contributed by atoms with Crippen LogP contribution < -0.4 is 0 Å². The summed E-state index contributed by atoms with van der Waals surface area (Å²) in [6.07, 6.45) is 2.95. The molecule has 0 amide bonds. The van der Waals surface area contributed by atoms with E-state index in [9.17, 15) is 9.59 Å². The van der Waals surface area contributed by atoms with Gasteiger partial charge in [-0.05, 0) is 13.3 Å². The molecule has 0 radical (unpaired) electrons. The van der Waals surface area contributed by atoms with Gasteiger partial charge in [0, 0.05) is 18.1 Å². The Morgan fingerprint density at radius 1 is 1.56 bits per heavy atom. The maximum Gasteiger partial charge on any atom is 0.330 e. The van der Waals surface area contributed by atoms with Crippen LogP contribution in [0.3, 0.4) is 0 Å². The minimum Gasteiger partial charge on any atom is -0.478 e. The smallest absolute Gasteiger partial charge is 0.330 e. The van der Waals surface area contributed by atoms with E-state index in [1.807, 2.05) is 0 Å². The molecule has 5 heteroatoms. The number of carboxylic acids is 1. The van der Waals surface area contributed by atoms with Crippen LogP contribution in [-0.2, 0) is 19.1 Å². The highest BCUT2D eigenvalue weighted by Gasteiger charge is 2.42. The second-order valence-electron chi connectivity index (χ2n) is 4.03. The summed E-state index contributed by atoms with van der Waals surface area (Å²) < 4.78 is 10.1. The highest BCUT2D eigenvalue weighted by Crippen LogP contribution is 2.33. The van der Waals surface area contributed by atoms with Gasteiger partial charge in [-0.1, -0.05) is 20.1 Å². The lowest BCUT2D eigenvalue weighted by molar-refractivity contribution is -0.138. The number of epoxide rings is 1. The maximum atomic E-state index is 10.6. The maximum absolute atomic E-state index is 10.6. The Morgan fingerprint density at radius 2 is 2.06 bits per heavy atom. The van der Waals surface area contributed by atoms with Crippen molar-refractivity contribution in [1.82, 2.24) is 0 Å². The molecule has 1 aliphatic heterocycles. The molecule has 1 atom stereocenters. The topological polar surface area (TPSA) is 76.1 Å². The lowest BCUT2D eigenvalue weighted by Gasteiger charge is -2.07. The predicted octanol–water partition coefficient (Wildman–Crippen LogP) is 1.93. The molecule has 1 unspecified atom stereocenters. The Kier molecular flexibility index (Phi) is 6.97. The lowest BCUT2D eigenvalue weighted by atomic mass is 10.1. The molecule has 102 valence electrons. The first-order chi connectivity index (χ1) is 8.37. The summed E-state index contributed by atoms with van der Waals surface area (Å²) in [7, 11) is 0. The number of esters is 1. The van der Waals surface area contributed by atoms with E-state index in [-0.39, 0.29) is 17.1 Å². The van der Waals surface area contributed by atoms with Crippen LogP contribution in [0.1, 0.15) is 26.7 Å². The fraction of sp³-hybridized carbons (Fsp3) is 0.538. The van der Waals surface area contributed by atoms with E-state index in [2.05, 4.69) is 20.1 Å². The lowest BCUT2D eigenvalue weighted by Crippen LogP contribution is -2.14. The van der Waals surface area contributed by atoms with Gasteiger partial charge in [0.15, 0.2) is 0 Å². The first kappa shape index (κ1) is 16.4. The standard InChI is InChI=1S/C9H14O3.C4H6O2/c1-3-8(10)11-6-5-9(4-2)7-12-9;1-3(2)4(5)6/h3H,1,4-7H2,2H3;1H2,2H3,(H,5,6). The van der Waals surface area contributed by atoms with Crippen LogP contribution in [0.15, 0.2) is 24.8 Å². The third-order valence-electron chi connectivity index (χ3n) is 2.53. The molecule has 1 rings (SSSR count). The average Bonchev–Trinajstić information content (AvgIpc) is 3.10. The normalized spacial score (nSPS) is 20.1. The average molecular weight is 256 g/mol. The molecule has 1 saturated heterocycles. The quantitative estimate of drug-likeness (QED) is 0.446. The van der Waals surface area contributed by atoms with Crippen molar-refractivity contribution in [1.29, 1.82) is 0 Å². The van der Waals surface area contributed by atoms with Crippen LogP contribution in [0.2, 0.25) is 0 Å². The zero-order valence-electron chi connectivity index (χ0n) is 10.9. The zero-order chi connectivity index (χ0) is 14.2. The summed E-state index contributed by atoms with van der Waals surface area (Å²) in [6.45, 7) is 11.2. The SMILES string of the molecule is C=C(C)C(=O)O.C=CC(=O)OCCC1(CC)CO1. The summed E-state index contributed by atoms with van der Waals surface area (Å²) in [6, 6.07) is 0. The van der Waals surface area contributed by atoms with E-state index in [0.29, 0.717) is 6.61 Å². The number of carboxylic acid groups (broad SMARTS) is 1. The number of hydrogen-bond acceptors (Lipinski definition) is 4. The third-order valence-corrected chi connectivity index (χ3v) is 2.53. The molecule has 5 nitrogen and oxygen atoms in total. The molecule has 0 bridgehead atoms. The van der Waals surface area contributed by atoms with E-state index >= 15 is 0 Å². The molecule has 1 heterocycles. The van der Waals surface area contributed by atoms with E-state index in [0.717, 1.165) is 19.4 Å². The summed E-state index contributed by atoms with van der Waals surface area (Å²) in [5.74, 6) is -1.29. The van der Waals surface area contributed by atoms with Gasteiger partial charge in [0.25, 0.3) is 0 Å². The molecular formula is C13H20O5. The van der Waals surface area contributed by atoms with E-state index in [1.165, 1.54) is 13.0 Å². The first-order valence-electron chi connectivity index (χ1n) is 5.69. The largest absolute Gasteiger partial charge is 0.478 e. The van der Waals surface area contributed by atoms with E-state index < -0.39 is 5.97 Å². The number of rotatable bonds is 6. The Hall–Kier alpha value is -1.62. The molecule has 1 N–H and O–H groups in total. The van der Waals surface area contributed by atoms with Gasteiger partial charge in [-0.2, -0.15) is 0 Å². The number of carbonyl (C=O) groups is 2. The van der Waals surface area contributed by atoms with Crippen LogP contribution in [-0.4, -0.2) is 35.9 Å². The molecule has 1 aliphatic rings. The van der Waals surface area contributed by atoms with Gasteiger partial charge >= 0.3 is 11.9 Å². The minimum absolute atomic E-state index is 0.0153. The monoisotopic (exact) mass is 256 g/mol. The summed E-state index contributed by atoms with van der Waals surface area (Å²) in [4.78, 5) is 20.2. The van der Waals surface area contributed by atoms with Crippen LogP contribution in [0.5, 0.6) is 0 Å². The first-order valence-corrected chi connectivity index (χ1v) is 5.69. The summed E-state index contributed by atoms with van der Waals surface area (Å²) in [5, 5.41) is 7.89. The van der Waals surface area contributed by atoms with Crippen LogP contribution >= 0.6 is 0 Å². The second kappa shape index (κ2) is 7.66. The highest BCUT2D eigenvalue weighted by atomic mass is 16.6. The molecule has 0 aromatic heterocycles. The van der Waals surface area contributed by atoms with Gasteiger partial charge in [0.2, 0.25) is 0 Å².